The van der Waals surface area contributed by atoms with E-state index in [0.29, 0.717) is 18.7 Å². The quantitative estimate of drug-likeness (QED) is 0.712. The maximum atomic E-state index is 13.5. The molecule has 0 bridgehead atoms. The van der Waals surface area contributed by atoms with Crippen LogP contribution in [0.1, 0.15) is 18.4 Å². The number of tetrazole rings is 1. The van der Waals surface area contributed by atoms with E-state index in [-0.39, 0.29) is 11.9 Å². The molecule has 8 heteroatoms. The zero-order valence-corrected chi connectivity index (χ0v) is 13.0. The number of ether oxygens (including phenoxy) is 1. The van der Waals surface area contributed by atoms with Gasteiger partial charge in [-0.05, 0) is 53.1 Å². The van der Waals surface area contributed by atoms with Crippen molar-refractivity contribution in [3.05, 3.63) is 47.8 Å². The van der Waals surface area contributed by atoms with Gasteiger partial charge in [0.1, 0.15) is 5.82 Å². The number of halogens is 1. The molecule has 0 radical (unpaired) electrons. The average Bonchev–Trinajstić information content (AvgIpc) is 3.25. The van der Waals surface area contributed by atoms with E-state index in [9.17, 15) is 4.39 Å². The van der Waals surface area contributed by atoms with Crippen molar-refractivity contribution >= 4 is 11.5 Å². The molecule has 0 saturated carbocycles. The van der Waals surface area contributed by atoms with Crippen LogP contribution in [0.3, 0.4) is 0 Å². The Kier molecular flexibility index (Phi) is 4.04. The number of rotatable bonds is 5. The second-order valence-electron chi connectivity index (χ2n) is 5.86. The van der Waals surface area contributed by atoms with Gasteiger partial charge < -0.3 is 9.64 Å². The summed E-state index contributed by atoms with van der Waals surface area (Å²) in [6.45, 7) is 2.02. The van der Waals surface area contributed by atoms with Crippen LogP contribution in [0.5, 0.6) is 0 Å². The van der Waals surface area contributed by atoms with Crippen LogP contribution >= 0.6 is 0 Å². The zero-order chi connectivity index (χ0) is 16.4. The van der Waals surface area contributed by atoms with Crippen molar-refractivity contribution in [3.63, 3.8) is 0 Å². The monoisotopic (exact) mass is 328 g/mol. The molecule has 4 rings (SSSR count). The summed E-state index contributed by atoms with van der Waals surface area (Å²) < 4.78 is 20.6. The first-order chi connectivity index (χ1) is 11.8. The maximum Gasteiger partial charge on any atom is 0.200 e. The third-order valence-corrected chi connectivity index (χ3v) is 4.09. The van der Waals surface area contributed by atoms with Crippen LogP contribution in [0.4, 0.5) is 10.2 Å². The van der Waals surface area contributed by atoms with Crippen LogP contribution < -0.4 is 4.90 Å². The molecular weight excluding hydrogens is 311 g/mol. The Labute approximate surface area is 138 Å². The van der Waals surface area contributed by atoms with Gasteiger partial charge in [-0.1, -0.05) is 12.1 Å². The van der Waals surface area contributed by atoms with Gasteiger partial charge in [0, 0.05) is 19.7 Å². The molecule has 24 heavy (non-hydrogen) atoms. The number of hydrogen-bond acceptors (Lipinski definition) is 6. The van der Waals surface area contributed by atoms with Crippen molar-refractivity contribution < 1.29 is 9.13 Å². The van der Waals surface area contributed by atoms with E-state index in [1.807, 2.05) is 18.2 Å². The van der Waals surface area contributed by atoms with E-state index in [1.54, 1.807) is 6.07 Å². The molecule has 2 aromatic heterocycles. The summed E-state index contributed by atoms with van der Waals surface area (Å²) in [6.07, 6.45) is 2.25. The van der Waals surface area contributed by atoms with Crippen molar-refractivity contribution in [2.24, 2.45) is 0 Å². The van der Waals surface area contributed by atoms with Crippen LogP contribution in [-0.2, 0) is 11.3 Å². The molecule has 7 nitrogen and oxygen atoms in total. The van der Waals surface area contributed by atoms with Gasteiger partial charge in [-0.3, -0.25) is 0 Å². The van der Waals surface area contributed by atoms with Gasteiger partial charge in [0.2, 0.25) is 0 Å². The Bertz CT molecular complexity index is 832. The van der Waals surface area contributed by atoms with Gasteiger partial charge in [-0.25, -0.2) is 4.39 Å². The number of nitrogens with zero attached hydrogens (tertiary/aromatic N) is 6. The summed E-state index contributed by atoms with van der Waals surface area (Å²) in [4.78, 5) is 2.08. The van der Waals surface area contributed by atoms with E-state index in [0.717, 1.165) is 30.8 Å². The molecule has 3 heterocycles. The van der Waals surface area contributed by atoms with E-state index < -0.39 is 0 Å². The van der Waals surface area contributed by atoms with Crippen molar-refractivity contribution in [2.45, 2.75) is 25.5 Å². The minimum absolute atomic E-state index is 0.157. The molecule has 1 aliphatic rings. The third-order valence-electron chi connectivity index (χ3n) is 4.09. The van der Waals surface area contributed by atoms with Crippen molar-refractivity contribution in [1.29, 1.82) is 0 Å². The van der Waals surface area contributed by atoms with Gasteiger partial charge in [-0.15, -0.1) is 14.8 Å². The second-order valence-corrected chi connectivity index (χ2v) is 5.86. The number of hydrogen-bond donors (Lipinski definition) is 0. The van der Waals surface area contributed by atoms with Gasteiger partial charge >= 0.3 is 0 Å². The summed E-state index contributed by atoms with van der Waals surface area (Å²) in [5.41, 5.74) is 1.47. The summed E-state index contributed by atoms with van der Waals surface area (Å²) in [5.74, 6) is 0.489. The molecule has 0 aliphatic carbocycles. The van der Waals surface area contributed by atoms with Crippen LogP contribution in [0.25, 0.3) is 5.65 Å². The lowest BCUT2D eigenvalue weighted by Gasteiger charge is -2.26. The Morgan fingerprint density at radius 3 is 3.08 bits per heavy atom. The molecule has 3 aromatic rings. The first-order valence-electron chi connectivity index (χ1n) is 7.94. The molecule has 0 spiro atoms. The van der Waals surface area contributed by atoms with E-state index in [4.69, 9.17) is 4.74 Å². The fraction of sp³-hybridized carbons (Fsp3) is 0.375. The highest BCUT2D eigenvalue weighted by Gasteiger charge is 2.21. The topological polar surface area (TPSA) is 68.4 Å². The van der Waals surface area contributed by atoms with Crippen LogP contribution in [0.15, 0.2) is 36.4 Å². The summed E-state index contributed by atoms with van der Waals surface area (Å²) in [5, 5.41) is 15.8. The standard InChI is InChI=1S/C16H17FN6O/c17-13-4-1-3-12(9-13)10-22(11-14-5-2-8-24-14)16-7-6-15-18-20-21-23(15)19-16/h1,3-4,6-7,9,14H,2,5,8,10-11H2. The molecule has 1 fully saturated rings. The molecule has 1 aliphatic heterocycles. The summed E-state index contributed by atoms with van der Waals surface area (Å²) in [7, 11) is 0. The maximum absolute atomic E-state index is 13.5. The Morgan fingerprint density at radius 1 is 1.29 bits per heavy atom. The van der Waals surface area contributed by atoms with E-state index in [2.05, 4.69) is 25.5 Å². The van der Waals surface area contributed by atoms with Gasteiger partial charge in [0.25, 0.3) is 0 Å². The lowest BCUT2D eigenvalue weighted by Crippen LogP contribution is -2.32. The minimum atomic E-state index is -0.242. The fourth-order valence-corrected chi connectivity index (χ4v) is 2.94. The second kappa shape index (κ2) is 6.48. The first-order valence-corrected chi connectivity index (χ1v) is 7.94. The lowest BCUT2D eigenvalue weighted by molar-refractivity contribution is 0.115. The number of benzene rings is 1. The Balaban J connectivity index is 1.63. The van der Waals surface area contributed by atoms with Gasteiger partial charge in [0.15, 0.2) is 11.5 Å². The molecule has 1 saturated heterocycles. The third kappa shape index (κ3) is 3.18. The summed E-state index contributed by atoms with van der Waals surface area (Å²) >= 11 is 0. The van der Waals surface area contributed by atoms with Crippen LogP contribution in [-0.4, -0.2) is 44.5 Å². The molecule has 0 N–H and O–H groups in total. The predicted molar refractivity (Wildman–Crippen MR) is 85.0 cm³/mol. The first kappa shape index (κ1) is 14.9. The van der Waals surface area contributed by atoms with E-state index in [1.165, 1.54) is 16.8 Å². The Hall–Kier alpha value is -2.61. The fourth-order valence-electron chi connectivity index (χ4n) is 2.94. The lowest BCUT2D eigenvalue weighted by atomic mass is 10.1. The smallest absolute Gasteiger partial charge is 0.200 e. The molecule has 0 amide bonds. The number of fused-ring (bicyclic) bond motifs is 1. The number of aromatic nitrogens is 5. The van der Waals surface area contributed by atoms with E-state index >= 15 is 0 Å². The number of anilines is 1. The minimum Gasteiger partial charge on any atom is -0.376 e. The highest BCUT2D eigenvalue weighted by Crippen LogP contribution is 2.20. The molecule has 1 atom stereocenters. The highest BCUT2D eigenvalue weighted by atomic mass is 19.1. The zero-order valence-electron chi connectivity index (χ0n) is 13.0. The Morgan fingerprint density at radius 2 is 2.25 bits per heavy atom. The predicted octanol–water partition coefficient (Wildman–Crippen LogP) is 1.84. The highest BCUT2D eigenvalue weighted by molar-refractivity contribution is 5.45. The van der Waals surface area contributed by atoms with Gasteiger partial charge in [-0.2, -0.15) is 0 Å². The van der Waals surface area contributed by atoms with Gasteiger partial charge in [0.05, 0.1) is 6.10 Å². The largest absolute Gasteiger partial charge is 0.376 e. The molecular formula is C16H17FN6O. The van der Waals surface area contributed by atoms with Crippen molar-refractivity contribution in [1.82, 2.24) is 25.3 Å². The molecule has 1 aromatic carbocycles. The van der Waals surface area contributed by atoms with Crippen molar-refractivity contribution in [2.75, 3.05) is 18.1 Å². The van der Waals surface area contributed by atoms with Crippen LogP contribution in [0.2, 0.25) is 0 Å². The molecule has 1 unspecified atom stereocenters. The normalized spacial score (nSPS) is 17.5. The summed E-state index contributed by atoms with van der Waals surface area (Å²) in [6, 6.07) is 10.3. The average molecular weight is 328 g/mol. The van der Waals surface area contributed by atoms with Crippen LogP contribution in [0, 0.1) is 5.82 Å². The molecule has 124 valence electrons. The van der Waals surface area contributed by atoms with Crippen molar-refractivity contribution in [3.8, 4) is 0 Å². The SMILES string of the molecule is Fc1cccc(CN(CC2CCCO2)c2ccc3nnnn3n2)c1.